The third-order valence-electron chi connectivity index (χ3n) is 2.63. The van der Waals surface area contributed by atoms with E-state index in [4.69, 9.17) is 23.2 Å². The average molecular weight is 332 g/mol. The van der Waals surface area contributed by atoms with Crippen LogP contribution in [0.4, 0.5) is 4.39 Å². The van der Waals surface area contributed by atoms with Crippen LogP contribution < -0.4 is 0 Å². The molecule has 0 saturated carbocycles. The number of halogens is 3. The molecule has 2 rings (SSSR count). The second kappa shape index (κ2) is 5.75. The molecule has 0 atom stereocenters. The minimum Gasteiger partial charge on any atom is -0.504 e. The number of aromatic nitrogens is 1. The van der Waals surface area contributed by atoms with Gasteiger partial charge in [0.1, 0.15) is 5.69 Å². The molecule has 0 fully saturated rings. The van der Waals surface area contributed by atoms with Gasteiger partial charge in [0, 0.05) is 11.6 Å². The normalized spacial score (nSPS) is 10.5. The Morgan fingerprint density at radius 2 is 1.81 bits per heavy atom. The molecule has 21 heavy (non-hydrogen) atoms. The van der Waals surface area contributed by atoms with Gasteiger partial charge in [-0.2, -0.15) is 0 Å². The number of pyridine rings is 1. The molecule has 1 heterocycles. The summed E-state index contributed by atoms with van der Waals surface area (Å²) < 4.78 is 18.5. The fourth-order valence-electron chi connectivity index (χ4n) is 1.63. The molecule has 1 aromatic heterocycles. The van der Waals surface area contributed by atoms with Crippen LogP contribution in [0.1, 0.15) is 10.5 Å². The van der Waals surface area contributed by atoms with E-state index in [9.17, 15) is 19.4 Å². The SMILES string of the molecule is COC(=O)c1nc(-c2cc(O)c(O)cc2Cl)c(F)cc1Cl. The molecule has 0 aliphatic carbocycles. The third kappa shape index (κ3) is 2.86. The highest BCUT2D eigenvalue weighted by molar-refractivity contribution is 6.34. The highest BCUT2D eigenvalue weighted by Crippen LogP contribution is 2.38. The van der Waals surface area contributed by atoms with Crippen LogP contribution >= 0.6 is 23.2 Å². The van der Waals surface area contributed by atoms with Crippen molar-refractivity contribution in [1.82, 2.24) is 4.98 Å². The number of phenols is 2. The number of phenolic OH excluding ortho intramolecular Hbond substituents is 2. The number of aromatic hydroxyl groups is 2. The van der Waals surface area contributed by atoms with E-state index in [1.807, 2.05) is 0 Å². The molecule has 0 saturated heterocycles. The molecule has 2 N–H and O–H groups in total. The Hall–Kier alpha value is -2.05. The predicted molar refractivity (Wildman–Crippen MR) is 74.3 cm³/mol. The van der Waals surface area contributed by atoms with Crippen molar-refractivity contribution in [3.05, 3.63) is 39.8 Å². The zero-order valence-electron chi connectivity index (χ0n) is 10.5. The van der Waals surface area contributed by atoms with Gasteiger partial charge >= 0.3 is 5.97 Å². The summed E-state index contributed by atoms with van der Waals surface area (Å²) in [6.07, 6.45) is 0. The van der Waals surface area contributed by atoms with Crippen molar-refractivity contribution in [3.63, 3.8) is 0 Å². The Morgan fingerprint density at radius 1 is 1.19 bits per heavy atom. The van der Waals surface area contributed by atoms with Gasteiger partial charge in [-0.3, -0.25) is 0 Å². The average Bonchev–Trinajstić information content (AvgIpc) is 2.43. The predicted octanol–water partition coefficient (Wildman–Crippen LogP) is 3.39. The zero-order chi connectivity index (χ0) is 15.7. The second-order valence-corrected chi connectivity index (χ2v) is 4.78. The van der Waals surface area contributed by atoms with Crippen LogP contribution in [0.25, 0.3) is 11.3 Å². The Labute approximate surface area is 128 Å². The summed E-state index contributed by atoms with van der Waals surface area (Å²) in [6.45, 7) is 0. The molecular weight excluding hydrogens is 324 g/mol. The van der Waals surface area contributed by atoms with Crippen molar-refractivity contribution in [1.29, 1.82) is 0 Å². The van der Waals surface area contributed by atoms with E-state index in [-0.39, 0.29) is 27.0 Å². The monoisotopic (exact) mass is 331 g/mol. The Bertz CT molecular complexity index is 737. The number of nitrogens with zero attached hydrogens (tertiary/aromatic N) is 1. The number of ether oxygens (including phenoxy) is 1. The quantitative estimate of drug-likeness (QED) is 0.651. The van der Waals surface area contributed by atoms with Crippen LogP contribution in [0.5, 0.6) is 11.5 Å². The van der Waals surface area contributed by atoms with Gasteiger partial charge < -0.3 is 14.9 Å². The number of esters is 1. The second-order valence-electron chi connectivity index (χ2n) is 3.96. The summed E-state index contributed by atoms with van der Waals surface area (Å²) in [5.74, 6) is -2.67. The van der Waals surface area contributed by atoms with Gasteiger partial charge in [-0.1, -0.05) is 23.2 Å². The zero-order valence-corrected chi connectivity index (χ0v) is 12.0. The maximum absolute atomic E-state index is 14.0. The lowest BCUT2D eigenvalue weighted by Gasteiger charge is -2.09. The number of carbonyl (C=O) groups excluding carboxylic acids is 1. The van der Waals surface area contributed by atoms with Crippen LogP contribution in [0.2, 0.25) is 10.0 Å². The Balaban J connectivity index is 2.69. The maximum atomic E-state index is 14.0. The number of carbonyl (C=O) groups is 1. The summed E-state index contributed by atoms with van der Waals surface area (Å²) in [4.78, 5) is 15.3. The number of benzene rings is 1. The van der Waals surface area contributed by atoms with Crippen LogP contribution in [0.3, 0.4) is 0 Å². The van der Waals surface area contributed by atoms with Crippen LogP contribution in [0.15, 0.2) is 18.2 Å². The van der Waals surface area contributed by atoms with Gasteiger partial charge in [-0.25, -0.2) is 14.2 Å². The highest BCUT2D eigenvalue weighted by Gasteiger charge is 2.20. The summed E-state index contributed by atoms with van der Waals surface area (Å²) >= 11 is 11.6. The van der Waals surface area contributed by atoms with Crippen LogP contribution in [-0.4, -0.2) is 28.3 Å². The highest BCUT2D eigenvalue weighted by atomic mass is 35.5. The topological polar surface area (TPSA) is 79.7 Å². The molecule has 5 nitrogen and oxygen atoms in total. The molecule has 0 bridgehead atoms. The summed E-state index contributed by atoms with van der Waals surface area (Å²) in [5.41, 5.74) is -0.606. The number of methoxy groups -OCH3 is 1. The van der Waals surface area contributed by atoms with Crippen LogP contribution in [-0.2, 0) is 4.74 Å². The lowest BCUT2D eigenvalue weighted by atomic mass is 10.1. The Kier molecular flexibility index (Phi) is 4.20. The van der Waals surface area contributed by atoms with Gasteiger partial charge in [-0.05, 0) is 12.1 Å². The molecule has 0 radical (unpaired) electrons. The van der Waals surface area contributed by atoms with E-state index in [2.05, 4.69) is 9.72 Å². The Morgan fingerprint density at radius 3 is 2.43 bits per heavy atom. The third-order valence-corrected chi connectivity index (χ3v) is 3.23. The van der Waals surface area contributed by atoms with Crippen molar-refractivity contribution in [2.45, 2.75) is 0 Å². The van der Waals surface area contributed by atoms with Gasteiger partial charge in [0.2, 0.25) is 0 Å². The molecule has 0 amide bonds. The maximum Gasteiger partial charge on any atom is 0.358 e. The number of hydrogen-bond acceptors (Lipinski definition) is 5. The van der Waals surface area contributed by atoms with Gasteiger partial charge in [0.25, 0.3) is 0 Å². The number of hydrogen-bond donors (Lipinski definition) is 2. The van der Waals surface area contributed by atoms with Crippen molar-refractivity contribution in [3.8, 4) is 22.8 Å². The van der Waals surface area contributed by atoms with E-state index in [1.54, 1.807) is 0 Å². The molecular formula is C13H8Cl2FNO4. The summed E-state index contributed by atoms with van der Waals surface area (Å²) in [7, 11) is 1.13. The first-order chi connectivity index (χ1) is 9.85. The molecule has 0 spiro atoms. The van der Waals surface area contributed by atoms with Crippen molar-refractivity contribution in [2.24, 2.45) is 0 Å². The largest absolute Gasteiger partial charge is 0.504 e. The van der Waals surface area contributed by atoms with Crippen LogP contribution in [0, 0.1) is 5.82 Å². The smallest absolute Gasteiger partial charge is 0.358 e. The van der Waals surface area contributed by atoms with E-state index < -0.39 is 23.3 Å². The first-order valence-corrected chi connectivity index (χ1v) is 6.27. The standard InChI is InChI=1S/C13H8Cl2FNO4/c1-21-13(20)12-7(15)3-8(16)11(17-12)5-2-9(18)10(19)4-6(5)14/h2-4,18-19H,1H3. The van der Waals surface area contributed by atoms with Crippen molar-refractivity contribution >= 4 is 29.2 Å². The summed E-state index contributed by atoms with van der Waals surface area (Å²) in [6, 6.07) is 2.94. The van der Waals surface area contributed by atoms with Crippen molar-refractivity contribution in [2.75, 3.05) is 7.11 Å². The fourth-order valence-corrected chi connectivity index (χ4v) is 2.09. The van der Waals surface area contributed by atoms with Gasteiger partial charge in [0.15, 0.2) is 23.0 Å². The molecule has 2 aromatic rings. The number of rotatable bonds is 2. The molecule has 0 unspecified atom stereocenters. The first kappa shape index (κ1) is 15.3. The van der Waals surface area contributed by atoms with E-state index >= 15 is 0 Å². The van der Waals surface area contributed by atoms with E-state index in [0.29, 0.717) is 0 Å². The minimum atomic E-state index is -0.848. The lowest BCUT2D eigenvalue weighted by Crippen LogP contribution is -2.07. The molecule has 0 aliphatic heterocycles. The minimum absolute atomic E-state index is 0.00807. The fraction of sp³-hybridized carbons (Fsp3) is 0.0769. The van der Waals surface area contributed by atoms with E-state index in [0.717, 1.165) is 25.3 Å². The van der Waals surface area contributed by atoms with Crippen molar-refractivity contribution < 1.29 is 24.1 Å². The first-order valence-electron chi connectivity index (χ1n) is 5.51. The molecule has 1 aromatic carbocycles. The molecule has 0 aliphatic rings. The molecule has 110 valence electrons. The van der Waals surface area contributed by atoms with Gasteiger partial charge in [-0.15, -0.1) is 0 Å². The van der Waals surface area contributed by atoms with Gasteiger partial charge in [0.05, 0.1) is 17.2 Å². The molecule has 8 heteroatoms. The summed E-state index contributed by atoms with van der Waals surface area (Å²) in [5, 5.41) is 18.5. The lowest BCUT2D eigenvalue weighted by molar-refractivity contribution is 0.0594. The van der Waals surface area contributed by atoms with E-state index in [1.165, 1.54) is 0 Å².